The summed E-state index contributed by atoms with van der Waals surface area (Å²) in [6.07, 6.45) is 18.7. The molecule has 2 fully saturated rings. The van der Waals surface area contributed by atoms with E-state index < -0.39 is 14.1 Å². The van der Waals surface area contributed by atoms with Crippen LogP contribution in [0.4, 0.5) is 0 Å². The number of nitrogens with zero attached hydrogens (tertiary/aromatic N) is 1. The molecule has 2 heterocycles. The van der Waals surface area contributed by atoms with Gasteiger partial charge in [-0.3, -0.25) is 4.52 Å². The van der Waals surface area contributed by atoms with Crippen molar-refractivity contribution in [1.82, 2.24) is 0 Å². The smallest absolute Gasteiger partial charge is 0.00973 e. The maximum Gasteiger partial charge on any atom is -0.00973 e. The van der Waals surface area contributed by atoms with Gasteiger partial charge in [-0.2, -0.15) is 0 Å². The normalized spacial score (nSPS) is 29.7. The van der Waals surface area contributed by atoms with Gasteiger partial charge in [0.2, 0.25) is 0 Å². The van der Waals surface area contributed by atoms with E-state index in [0.29, 0.717) is 0 Å². The predicted octanol–water partition coefficient (Wildman–Crippen LogP) is 4.55. The zero-order valence-corrected chi connectivity index (χ0v) is 11.9. The van der Waals surface area contributed by atoms with Gasteiger partial charge >= 0.3 is 0 Å². The van der Waals surface area contributed by atoms with E-state index in [-0.39, 0.29) is 0 Å². The van der Waals surface area contributed by atoms with E-state index in [1.165, 1.54) is 63.2 Å². The van der Waals surface area contributed by atoms with Crippen molar-refractivity contribution in [3.63, 3.8) is 0 Å². The summed E-state index contributed by atoms with van der Waals surface area (Å²) in [5, 5.41) is 0. The van der Waals surface area contributed by atoms with Crippen molar-refractivity contribution in [2.75, 3.05) is 31.3 Å². The Morgan fingerprint density at radius 2 is 1.27 bits per heavy atom. The number of rotatable bonds is 1. The summed E-state index contributed by atoms with van der Waals surface area (Å²) in [7, 11) is -1.96. The fraction of sp³-hybridized carbons (Fsp3) is 0.917. The van der Waals surface area contributed by atoms with E-state index in [0.717, 1.165) is 0 Å². The van der Waals surface area contributed by atoms with Gasteiger partial charge in [0, 0.05) is 0 Å². The first-order valence-corrected chi connectivity index (χ1v) is 11.3. The molecule has 15 heavy (non-hydrogen) atoms. The van der Waals surface area contributed by atoms with Crippen LogP contribution >= 0.6 is 14.1 Å². The minimum atomic E-state index is -1.07. The van der Waals surface area contributed by atoms with Crippen LogP contribution < -0.4 is 0 Å². The lowest BCUT2D eigenvalue weighted by atomic mass is 10.3. The van der Waals surface area contributed by atoms with E-state index in [9.17, 15) is 0 Å². The molecule has 0 aromatic heterocycles. The summed E-state index contributed by atoms with van der Waals surface area (Å²) >= 11 is 0. The predicted molar refractivity (Wildman–Crippen MR) is 76.5 cm³/mol. The Morgan fingerprint density at radius 1 is 0.800 bits per heavy atom. The molecule has 0 radical (unpaired) electrons. The summed E-state index contributed by atoms with van der Waals surface area (Å²) in [4.78, 5) is 0. The van der Waals surface area contributed by atoms with Crippen LogP contribution in [0, 0.1) is 0 Å². The zero-order valence-electron chi connectivity index (χ0n) is 10.1. The molecule has 0 aliphatic carbocycles. The molecule has 0 N–H and O–H groups in total. The van der Waals surface area contributed by atoms with Crippen molar-refractivity contribution in [2.24, 2.45) is 4.52 Å². The molecule has 0 aromatic carbocycles. The van der Waals surface area contributed by atoms with Crippen LogP contribution in [0.3, 0.4) is 0 Å². The Hall–Kier alpha value is 0.530. The monoisotopic (exact) mass is 245 g/mol. The molecular weight excluding hydrogens is 220 g/mol. The van der Waals surface area contributed by atoms with Crippen LogP contribution in [0.5, 0.6) is 0 Å². The fourth-order valence-corrected chi connectivity index (χ4v) is 11.9. The Labute approximate surface area is 95.1 Å². The standard InChI is InChI=1S/C12H25NP2/c1-14(9-5-3-6-10-14)13-15(2)11-7-4-8-12-15/h1,3-12H2,2H3. The third-order valence-corrected chi connectivity index (χ3v) is 11.9. The fourth-order valence-electron chi connectivity index (χ4n) is 2.93. The second kappa shape index (κ2) is 4.80. The first-order valence-electron chi connectivity index (χ1n) is 6.43. The Balaban J connectivity index is 2.15. The Bertz CT molecular complexity index is 300. The summed E-state index contributed by atoms with van der Waals surface area (Å²) in [5.74, 6) is 0. The van der Waals surface area contributed by atoms with Crippen molar-refractivity contribution < 1.29 is 0 Å². The second-order valence-corrected chi connectivity index (χ2v) is 12.9. The highest BCUT2D eigenvalue weighted by molar-refractivity contribution is 7.80. The largest absolute Gasteiger partial charge is 0.283 e. The van der Waals surface area contributed by atoms with Crippen LogP contribution in [0.15, 0.2) is 4.52 Å². The van der Waals surface area contributed by atoms with Gasteiger partial charge in [-0.15, -0.1) is 0 Å². The van der Waals surface area contributed by atoms with Crippen LogP contribution in [-0.4, -0.2) is 37.6 Å². The first kappa shape index (κ1) is 12.0. The highest BCUT2D eigenvalue weighted by atomic mass is 31.2. The molecule has 2 saturated heterocycles. The second-order valence-electron chi connectivity index (χ2n) is 5.54. The zero-order chi connectivity index (χ0) is 10.8. The molecule has 0 unspecified atom stereocenters. The van der Waals surface area contributed by atoms with Crippen molar-refractivity contribution >= 4 is 20.4 Å². The van der Waals surface area contributed by atoms with Gasteiger partial charge < -0.3 is 0 Å². The highest BCUT2D eigenvalue weighted by Gasteiger charge is 2.23. The molecule has 0 spiro atoms. The minimum Gasteiger partial charge on any atom is -0.283 e. The number of hydrogen-bond donors (Lipinski definition) is 0. The molecule has 2 aliphatic rings. The molecular formula is C12H25NP2. The van der Waals surface area contributed by atoms with Gasteiger partial charge in [0.1, 0.15) is 0 Å². The van der Waals surface area contributed by atoms with E-state index in [1.54, 1.807) is 0 Å². The average molecular weight is 245 g/mol. The van der Waals surface area contributed by atoms with Crippen LogP contribution in [0.25, 0.3) is 0 Å². The maximum absolute atomic E-state index is 5.37. The van der Waals surface area contributed by atoms with Crippen LogP contribution in [0.2, 0.25) is 0 Å². The van der Waals surface area contributed by atoms with Crippen LogP contribution in [-0.2, 0) is 0 Å². The molecule has 2 rings (SSSR count). The molecule has 0 amide bonds. The van der Waals surface area contributed by atoms with E-state index in [4.69, 9.17) is 4.52 Å². The topological polar surface area (TPSA) is 12.4 Å². The van der Waals surface area contributed by atoms with Gasteiger partial charge in [-0.05, 0) is 71.1 Å². The number of hydrogen-bond acceptors (Lipinski definition) is 1. The average Bonchev–Trinajstić information content (AvgIpc) is 2.18. The van der Waals surface area contributed by atoms with Crippen molar-refractivity contribution in [1.29, 1.82) is 0 Å². The van der Waals surface area contributed by atoms with E-state index in [2.05, 4.69) is 13.0 Å². The Morgan fingerprint density at radius 3 is 1.80 bits per heavy atom. The molecule has 0 bridgehead atoms. The lowest BCUT2D eigenvalue weighted by Gasteiger charge is -2.32. The van der Waals surface area contributed by atoms with Crippen molar-refractivity contribution in [3.05, 3.63) is 0 Å². The summed E-state index contributed by atoms with van der Waals surface area (Å²) in [6, 6.07) is 0. The molecule has 3 heteroatoms. The Kier molecular flexibility index (Phi) is 3.84. The van der Waals surface area contributed by atoms with E-state index >= 15 is 0 Å². The molecule has 88 valence electrons. The van der Waals surface area contributed by atoms with Crippen molar-refractivity contribution in [2.45, 2.75) is 38.5 Å². The summed E-state index contributed by atoms with van der Waals surface area (Å²) in [5.41, 5.74) is 0. The molecule has 0 aromatic rings. The van der Waals surface area contributed by atoms with E-state index in [1.807, 2.05) is 0 Å². The lowest BCUT2D eigenvalue weighted by molar-refractivity contribution is 0.745. The SMILES string of the molecule is C=P1(N=P2(C)CCCCC2)CCCCC1. The van der Waals surface area contributed by atoms with Gasteiger partial charge in [0.25, 0.3) is 0 Å². The minimum absolute atomic E-state index is 0.885. The third kappa shape index (κ3) is 3.24. The molecule has 0 atom stereocenters. The van der Waals surface area contributed by atoms with Crippen LogP contribution in [0.1, 0.15) is 38.5 Å². The van der Waals surface area contributed by atoms with Crippen molar-refractivity contribution in [3.8, 4) is 0 Å². The summed E-state index contributed by atoms with van der Waals surface area (Å²) in [6.45, 7) is 2.49. The van der Waals surface area contributed by atoms with Gasteiger partial charge in [-0.1, -0.05) is 19.1 Å². The maximum atomic E-state index is 5.37. The highest BCUT2D eigenvalue weighted by Crippen LogP contribution is 2.63. The van der Waals surface area contributed by atoms with Gasteiger partial charge in [-0.25, -0.2) is 0 Å². The quantitative estimate of drug-likeness (QED) is 0.601. The van der Waals surface area contributed by atoms with Gasteiger partial charge in [0.15, 0.2) is 0 Å². The lowest BCUT2D eigenvalue weighted by Crippen LogP contribution is -2.05. The molecule has 1 nitrogen and oxygen atoms in total. The summed E-state index contributed by atoms with van der Waals surface area (Å²) < 4.78 is 5.37. The van der Waals surface area contributed by atoms with Gasteiger partial charge in [0.05, 0.1) is 0 Å². The molecule has 0 saturated carbocycles. The first-order chi connectivity index (χ1) is 7.12. The molecule has 2 aliphatic heterocycles. The third-order valence-electron chi connectivity index (χ3n) is 3.83.